The molecule has 6 nitrogen and oxygen atoms in total. The zero-order chi connectivity index (χ0) is 10.6. The van der Waals surface area contributed by atoms with Gasteiger partial charge in [-0.1, -0.05) is 0 Å². The van der Waals surface area contributed by atoms with Gasteiger partial charge in [0.05, 0.1) is 0 Å². The summed E-state index contributed by atoms with van der Waals surface area (Å²) < 4.78 is 0. The molecule has 0 aliphatic rings. The number of nitrogen functional groups attached to an aromatic ring is 1. The summed E-state index contributed by atoms with van der Waals surface area (Å²) in [5.41, 5.74) is 8.55. The summed E-state index contributed by atoms with van der Waals surface area (Å²) in [5, 5.41) is 4.86. The summed E-state index contributed by atoms with van der Waals surface area (Å²) in [7, 11) is 3.76. The highest BCUT2D eigenvalue weighted by molar-refractivity contribution is 5.50. The highest BCUT2D eigenvalue weighted by Gasteiger charge is 2.01. The van der Waals surface area contributed by atoms with Gasteiger partial charge in [-0.2, -0.15) is 9.97 Å². The van der Waals surface area contributed by atoms with Crippen molar-refractivity contribution >= 4 is 17.6 Å². The molecule has 6 heteroatoms. The van der Waals surface area contributed by atoms with E-state index in [9.17, 15) is 0 Å². The fourth-order valence-corrected chi connectivity index (χ4v) is 1.02. The van der Waals surface area contributed by atoms with E-state index in [1.54, 1.807) is 11.1 Å². The van der Waals surface area contributed by atoms with Gasteiger partial charge in [0.2, 0.25) is 5.95 Å². The molecular formula is C8H16N6. The third-order valence-electron chi connectivity index (χ3n) is 1.44. The van der Waals surface area contributed by atoms with E-state index in [1.165, 1.54) is 0 Å². The van der Waals surface area contributed by atoms with E-state index >= 15 is 0 Å². The largest absolute Gasteiger partial charge is 0.370 e. The molecule has 78 valence electrons. The van der Waals surface area contributed by atoms with Crippen molar-refractivity contribution in [3.63, 3.8) is 0 Å². The third kappa shape index (κ3) is 3.06. The summed E-state index contributed by atoms with van der Waals surface area (Å²) in [6.07, 6.45) is 0. The molecule has 1 heterocycles. The lowest BCUT2D eigenvalue weighted by Crippen LogP contribution is -2.21. The first-order valence-corrected chi connectivity index (χ1v) is 4.44. The maximum atomic E-state index is 5.54. The van der Waals surface area contributed by atoms with Gasteiger partial charge in [-0.25, -0.2) is 5.01 Å². The van der Waals surface area contributed by atoms with Crippen LogP contribution in [0, 0.1) is 0 Å². The fraction of sp³-hybridized carbons (Fsp3) is 0.500. The Morgan fingerprint density at radius 2 is 2.00 bits per heavy atom. The average molecular weight is 196 g/mol. The lowest BCUT2D eigenvalue weighted by molar-refractivity contribution is 0.492. The van der Waals surface area contributed by atoms with Gasteiger partial charge in [-0.15, -0.1) is 0 Å². The lowest BCUT2D eigenvalue weighted by atomic mass is 10.5. The number of hydrazine groups is 1. The van der Waals surface area contributed by atoms with Gasteiger partial charge in [-0.3, -0.25) is 0 Å². The quantitative estimate of drug-likeness (QED) is 0.604. The Balaban J connectivity index is 2.83. The summed E-state index contributed by atoms with van der Waals surface area (Å²) in [4.78, 5) is 8.06. The second-order valence-corrected chi connectivity index (χ2v) is 3.03. The predicted molar refractivity (Wildman–Crippen MR) is 57.9 cm³/mol. The van der Waals surface area contributed by atoms with Crippen LogP contribution in [0.1, 0.15) is 6.92 Å². The highest BCUT2D eigenvalue weighted by atomic mass is 15.5. The van der Waals surface area contributed by atoms with E-state index in [0.717, 1.165) is 12.4 Å². The molecule has 0 saturated carbocycles. The molecule has 0 unspecified atom stereocenters. The molecule has 4 N–H and O–H groups in total. The monoisotopic (exact) mass is 196 g/mol. The number of hydrogen-bond donors (Lipinski definition) is 3. The smallest absolute Gasteiger partial charge is 0.223 e. The Kier molecular flexibility index (Phi) is 3.47. The zero-order valence-corrected chi connectivity index (χ0v) is 8.70. The van der Waals surface area contributed by atoms with Crippen LogP contribution >= 0.6 is 0 Å². The molecule has 0 fully saturated rings. The Morgan fingerprint density at radius 1 is 1.36 bits per heavy atom. The molecule has 0 aliphatic carbocycles. The van der Waals surface area contributed by atoms with Gasteiger partial charge in [0.1, 0.15) is 11.6 Å². The average Bonchev–Trinajstić information content (AvgIpc) is 2.01. The second-order valence-electron chi connectivity index (χ2n) is 3.03. The van der Waals surface area contributed by atoms with Crippen LogP contribution in [0.25, 0.3) is 0 Å². The Morgan fingerprint density at radius 3 is 2.57 bits per heavy atom. The summed E-state index contributed by atoms with van der Waals surface area (Å²) in [6, 6.07) is 1.81. The SMILES string of the molecule is CCNc1cc(NN(C)C)nc(N)n1. The van der Waals surface area contributed by atoms with Crippen LogP contribution in [0.2, 0.25) is 0 Å². The minimum atomic E-state index is 0.257. The maximum Gasteiger partial charge on any atom is 0.223 e. The minimum Gasteiger partial charge on any atom is -0.370 e. The first-order valence-electron chi connectivity index (χ1n) is 4.44. The molecule has 14 heavy (non-hydrogen) atoms. The van der Waals surface area contributed by atoms with Gasteiger partial charge in [0.15, 0.2) is 0 Å². The topological polar surface area (TPSA) is 79.1 Å². The van der Waals surface area contributed by atoms with Crippen molar-refractivity contribution in [3.8, 4) is 0 Å². The third-order valence-corrected chi connectivity index (χ3v) is 1.44. The Hall–Kier alpha value is -1.56. The molecule has 1 rings (SSSR count). The van der Waals surface area contributed by atoms with Crippen molar-refractivity contribution < 1.29 is 0 Å². The van der Waals surface area contributed by atoms with E-state index in [4.69, 9.17) is 5.73 Å². The van der Waals surface area contributed by atoms with Gasteiger partial charge in [-0.05, 0) is 6.92 Å². The molecule has 0 radical (unpaired) electrons. The number of nitrogens with two attached hydrogens (primary N) is 1. The number of hydrogen-bond acceptors (Lipinski definition) is 6. The Bertz CT molecular complexity index is 298. The van der Waals surface area contributed by atoms with Crippen LogP contribution in [0.15, 0.2) is 6.07 Å². The van der Waals surface area contributed by atoms with Crippen molar-refractivity contribution in [2.75, 3.05) is 37.1 Å². The van der Waals surface area contributed by atoms with E-state index in [2.05, 4.69) is 20.7 Å². The first kappa shape index (κ1) is 10.5. The van der Waals surface area contributed by atoms with Gasteiger partial charge in [0, 0.05) is 26.7 Å². The minimum absolute atomic E-state index is 0.257. The predicted octanol–water partition coefficient (Wildman–Crippen LogP) is 0.379. The highest BCUT2D eigenvalue weighted by Crippen LogP contribution is 2.11. The van der Waals surface area contributed by atoms with E-state index in [1.807, 2.05) is 21.0 Å². The zero-order valence-electron chi connectivity index (χ0n) is 8.70. The molecule has 0 atom stereocenters. The van der Waals surface area contributed by atoms with Crippen molar-refractivity contribution in [2.24, 2.45) is 0 Å². The van der Waals surface area contributed by atoms with E-state index < -0.39 is 0 Å². The molecule has 0 bridgehead atoms. The standard InChI is InChI=1S/C8H16N6/c1-4-10-6-5-7(13-14(2)3)12-8(9)11-6/h5H,4H2,1-3H3,(H4,9,10,11,12,13). The number of anilines is 3. The first-order chi connectivity index (χ1) is 6.61. The number of aromatic nitrogens is 2. The van der Waals surface area contributed by atoms with Gasteiger partial charge >= 0.3 is 0 Å². The fourth-order valence-electron chi connectivity index (χ4n) is 1.02. The number of nitrogens with zero attached hydrogens (tertiary/aromatic N) is 3. The molecule has 0 aromatic carbocycles. The van der Waals surface area contributed by atoms with Crippen LogP contribution < -0.4 is 16.5 Å². The molecule has 0 aliphatic heterocycles. The van der Waals surface area contributed by atoms with Gasteiger partial charge < -0.3 is 16.5 Å². The van der Waals surface area contributed by atoms with Crippen LogP contribution in [0.3, 0.4) is 0 Å². The van der Waals surface area contributed by atoms with Crippen molar-refractivity contribution in [1.82, 2.24) is 15.0 Å². The molecule has 0 amide bonds. The Labute approximate surface area is 83.5 Å². The van der Waals surface area contributed by atoms with E-state index in [-0.39, 0.29) is 5.95 Å². The normalized spacial score (nSPS) is 10.3. The molecule has 1 aromatic rings. The molecule has 0 spiro atoms. The number of rotatable bonds is 4. The van der Waals surface area contributed by atoms with Crippen LogP contribution in [-0.2, 0) is 0 Å². The summed E-state index contributed by atoms with van der Waals surface area (Å²) in [5.74, 6) is 1.66. The van der Waals surface area contributed by atoms with Crippen molar-refractivity contribution in [2.45, 2.75) is 6.92 Å². The molecule has 1 aromatic heterocycles. The van der Waals surface area contributed by atoms with Crippen LogP contribution in [-0.4, -0.2) is 35.6 Å². The second kappa shape index (κ2) is 4.61. The number of nitrogens with one attached hydrogen (secondary N) is 2. The van der Waals surface area contributed by atoms with Gasteiger partial charge in [0.25, 0.3) is 0 Å². The summed E-state index contributed by atoms with van der Waals surface area (Å²) >= 11 is 0. The van der Waals surface area contributed by atoms with E-state index in [0.29, 0.717) is 5.82 Å². The van der Waals surface area contributed by atoms with Crippen molar-refractivity contribution in [1.29, 1.82) is 0 Å². The van der Waals surface area contributed by atoms with Crippen molar-refractivity contribution in [3.05, 3.63) is 6.07 Å². The summed E-state index contributed by atoms with van der Waals surface area (Å²) in [6.45, 7) is 2.80. The lowest BCUT2D eigenvalue weighted by Gasteiger charge is -2.13. The van der Waals surface area contributed by atoms with Crippen LogP contribution in [0.4, 0.5) is 17.6 Å². The molecule has 0 saturated heterocycles. The maximum absolute atomic E-state index is 5.54. The molecular weight excluding hydrogens is 180 g/mol. The van der Waals surface area contributed by atoms with Crippen LogP contribution in [0.5, 0.6) is 0 Å².